The van der Waals surface area contributed by atoms with Crippen LogP contribution in [-0.4, -0.2) is 45.3 Å². The first-order chi connectivity index (χ1) is 20.0. The maximum Gasteiger partial charge on any atom is 0.261 e. The highest BCUT2D eigenvalue weighted by atomic mass is 28.4. The van der Waals surface area contributed by atoms with Crippen molar-refractivity contribution in [2.75, 3.05) is 13.2 Å². The zero-order valence-electron chi connectivity index (χ0n) is 25.7. The Balaban J connectivity index is 1.59. The van der Waals surface area contributed by atoms with Crippen LogP contribution in [0.15, 0.2) is 103 Å². The van der Waals surface area contributed by atoms with Gasteiger partial charge in [-0.1, -0.05) is 131 Å². The molecule has 2 aliphatic rings. The first-order valence-corrected chi connectivity index (χ1v) is 16.8. The van der Waals surface area contributed by atoms with Crippen LogP contribution >= 0.6 is 0 Å². The Bertz CT molecular complexity index is 1330. The molecule has 3 aromatic carbocycles. The highest BCUT2D eigenvalue weighted by Gasteiger charge is 2.61. The molecule has 3 aromatic rings. The van der Waals surface area contributed by atoms with Gasteiger partial charge in [-0.05, 0) is 34.8 Å². The molecule has 1 spiro atoms. The van der Waals surface area contributed by atoms with E-state index in [-0.39, 0.29) is 11.1 Å². The normalized spacial score (nSPS) is 27.3. The van der Waals surface area contributed by atoms with E-state index in [0.717, 1.165) is 11.8 Å². The summed E-state index contributed by atoms with van der Waals surface area (Å²) in [5, 5.41) is 2.18. The summed E-state index contributed by atoms with van der Waals surface area (Å²) in [6.07, 6.45) is 4.69. The molecule has 42 heavy (non-hydrogen) atoms. The van der Waals surface area contributed by atoms with Crippen molar-refractivity contribution in [3.63, 3.8) is 0 Å². The number of hydrogen-bond acceptors (Lipinski definition) is 5. The molecule has 0 amide bonds. The van der Waals surface area contributed by atoms with Crippen molar-refractivity contribution in [3.05, 3.63) is 109 Å². The Kier molecular flexibility index (Phi) is 8.49. The van der Waals surface area contributed by atoms with E-state index in [1.807, 2.05) is 50.3 Å². The first-order valence-electron chi connectivity index (χ1n) is 14.9. The molecule has 4 atom stereocenters. The number of carbonyl (C=O) groups is 1. The third-order valence-corrected chi connectivity index (χ3v) is 13.9. The first kappa shape index (κ1) is 30.6. The fraction of sp³-hybridized carbons (Fsp3) is 0.417. The zero-order chi connectivity index (χ0) is 30.1. The van der Waals surface area contributed by atoms with Crippen LogP contribution in [0.3, 0.4) is 0 Å². The summed E-state index contributed by atoms with van der Waals surface area (Å²) in [6.45, 7) is 13.7. The number of hydrogen-bond donors (Lipinski definition) is 0. The van der Waals surface area contributed by atoms with Crippen LogP contribution < -0.4 is 10.4 Å². The van der Waals surface area contributed by atoms with E-state index in [2.05, 4.69) is 94.4 Å². The second-order valence-corrected chi connectivity index (χ2v) is 17.7. The largest absolute Gasteiger partial charge is 0.407 e. The Hall–Kier alpha value is -2.87. The standard InChI is InChI=1S/C36H44O5Si/c1-33(2,3)42(29-18-12-8-13-19-29,30-20-14-9-15-21-30)40-26-35(6)31(24-37)36(27-39-34(4,5)41-36)23-22-32(35)38-25-28-16-10-7-11-17-28/h7-24,31-32H,25-27H2,1-6H3/t31-,32-,35-,36+/m0/s1. The minimum Gasteiger partial charge on any atom is -0.407 e. The van der Waals surface area contributed by atoms with Gasteiger partial charge in [0.15, 0.2) is 5.79 Å². The van der Waals surface area contributed by atoms with Gasteiger partial charge in [-0.15, -0.1) is 0 Å². The molecule has 1 saturated heterocycles. The van der Waals surface area contributed by atoms with E-state index in [4.69, 9.17) is 18.6 Å². The molecule has 0 saturated carbocycles. The fourth-order valence-electron chi connectivity index (χ4n) is 6.82. The minimum absolute atomic E-state index is 0.208. The highest BCUT2D eigenvalue weighted by Crippen LogP contribution is 2.51. The van der Waals surface area contributed by atoms with Crippen molar-refractivity contribution >= 4 is 25.0 Å². The average molecular weight is 585 g/mol. The molecule has 0 unspecified atom stereocenters. The van der Waals surface area contributed by atoms with Gasteiger partial charge in [0.1, 0.15) is 11.9 Å². The predicted molar refractivity (Wildman–Crippen MR) is 169 cm³/mol. The van der Waals surface area contributed by atoms with Crippen LogP contribution in [0.4, 0.5) is 0 Å². The summed E-state index contributed by atoms with van der Waals surface area (Å²) >= 11 is 0. The van der Waals surface area contributed by atoms with Crippen molar-refractivity contribution in [1.29, 1.82) is 0 Å². The van der Waals surface area contributed by atoms with Gasteiger partial charge < -0.3 is 23.4 Å². The lowest BCUT2D eigenvalue weighted by atomic mass is 9.63. The zero-order valence-corrected chi connectivity index (χ0v) is 26.7. The number of aldehydes is 1. The summed E-state index contributed by atoms with van der Waals surface area (Å²) in [5.74, 6) is -1.36. The van der Waals surface area contributed by atoms with Gasteiger partial charge >= 0.3 is 0 Å². The molecule has 5 rings (SSSR count). The molecule has 0 aromatic heterocycles. The van der Waals surface area contributed by atoms with Gasteiger partial charge in [0.2, 0.25) is 0 Å². The summed E-state index contributed by atoms with van der Waals surface area (Å²) in [7, 11) is -2.89. The van der Waals surface area contributed by atoms with Gasteiger partial charge in [-0.3, -0.25) is 0 Å². The van der Waals surface area contributed by atoms with Gasteiger partial charge in [-0.25, -0.2) is 0 Å². The monoisotopic (exact) mass is 584 g/mol. The Morgan fingerprint density at radius 2 is 1.43 bits per heavy atom. The number of rotatable bonds is 9. The molecule has 6 heteroatoms. The second kappa shape index (κ2) is 11.7. The number of benzene rings is 3. The molecule has 222 valence electrons. The third kappa shape index (κ3) is 5.59. The predicted octanol–water partition coefficient (Wildman–Crippen LogP) is 6.06. The molecule has 1 fully saturated rings. The van der Waals surface area contributed by atoms with E-state index in [1.54, 1.807) is 0 Å². The molecule has 1 aliphatic carbocycles. The molecule has 1 heterocycles. The van der Waals surface area contributed by atoms with Crippen LogP contribution in [-0.2, 0) is 30.0 Å². The lowest BCUT2D eigenvalue weighted by molar-refractivity contribution is -0.186. The van der Waals surface area contributed by atoms with Gasteiger partial charge in [0, 0.05) is 12.0 Å². The summed E-state index contributed by atoms with van der Waals surface area (Å²) in [5.41, 5.74) is -0.575. The molecule has 0 radical (unpaired) electrons. The van der Waals surface area contributed by atoms with E-state index >= 15 is 0 Å². The maximum absolute atomic E-state index is 13.2. The Labute approximate surface area is 252 Å². The van der Waals surface area contributed by atoms with E-state index in [0.29, 0.717) is 19.8 Å². The molecule has 0 bridgehead atoms. The molecule has 0 N–H and O–H groups in total. The van der Waals surface area contributed by atoms with E-state index in [9.17, 15) is 4.79 Å². The number of ether oxygens (including phenoxy) is 3. The molecule has 1 aliphatic heterocycles. The Morgan fingerprint density at radius 3 is 1.90 bits per heavy atom. The van der Waals surface area contributed by atoms with Gasteiger partial charge in [0.25, 0.3) is 8.32 Å². The van der Waals surface area contributed by atoms with Crippen LogP contribution in [0, 0.1) is 11.3 Å². The lowest BCUT2D eigenvalue weighted by Gasteiger charge is -2.51. The summed E-state index contributed by atoms with van der Waals surface area (Å²) < 4.78 is 26.6. The average Bonchev–Trinajstić information content (AvgIpc) is 3.28. The van der Waals surface area contributed by atoms with Crippen molar-refractivity contribution < 1.29 is 23.4 Å². The van der Waals surface area contributed by atoms with Crippen LogP contribution in [0.25, 0.3) is 0 Å². The second-order valence-electron chi connectivity index (χ2n) is 13.4. The van der Waals surface area contributed by atoms with Crippen LogP contribution in [0.2, 0.25) is 5.04 Å². The SMILES string of the molecule is CC1(C)OC[C@@]2(C=C[C@H](OCc3ccccc3)[C@@](C)(CO[Si](c3ccccc3)(c3ccccc3)C(C)(C)C)[C@@H]2C=O)O1. The lowest BCUT2D eigenvalue weighted by Crippen LogP contribution is -2.68. The van der Waals surface area contributed by atoms with E-state index in [1.165, 1.54) is 10.4 Å². The van der Waals surface area contributed by atoms with Crippen LogP contribution in [0.1, 0.15) is 47.1 Å². The highest BCUT2D eigenvalue weighted by molar-refractivity contribution is 6.99. The smallest absolute Gasteiger partial charge is 0.261 e. The van der Waals surface area contributed by atoms with Gasteiger partial charge in [0.05, 0.1) is 25.2 Å². The van der Waals surface area contributed by atoms with Crippen LogP contribution in [0.5, 0.6) is 0 Å². The maximum atomic E-state index is 13.2. The van der Waals surface area contributed by atoms with Gasteiger partial charge in [-0.2, -0.15) is 0 Å². The van der Waals surface area contributed by atoms with E-state index < -0.39 is 31.0 Å². The quantitative estimate of drug-likeness (QED) is 0.174. The molecular weight excluding hydrogens is 540 g/mol. The summed E-state index contributed by atoms with van der Waals surface area (Å²) in [4.78, 5) is 13.2. The minimum atomic E-state index is -2.89. The third-order valence-electron chi connectivity index (χ3n) is 8.95. The van der Waals surface area contributed by atoms with Crippen molar-refractivity contribution in [2.24, 2.45) is 11.3 Å². The molecule has 5 nitrogen and oxygen atoms in total. The Morgan fingerprint density at radius 1 is 0.881 bits per heavy atom. The summed E-state index contributed by atoms with van der Waals surface area (Å²) in [6, 6.07) is 31.3. The number of carbonyl (C=O) groups excluding carboxylic acids is 1. The van der Waals surface area contributed by atoms with Crippen molar-refractivity contribution in [2.45, 2.75) is 70.7 Å². The van der Waals surface area contributed by atoms with Crippen molar-refractivity contribution in [3.8, 4) is 0 Å². The fourth-order valence-corrected chi connectivity index (χ4v) is 11.5. The van der Waals surface area contributed by atoms with Crippen molar-refractivity contribution in [1.82, 2.24) is 0 Å². The molecular formula is C36H44O5Si. The topological polar surface area (TPSA) is 54.0 Å².